The summed E-state index contributed by atoms with van der Waals surface area (Å²) in [5, 5.41) is 5.46. The average Bonchev–Trinajstić information content (AvgIpc) is 2.98. The Kier molecular flexibility index (Phi) is 5.01. The zero-order chi connectivity index (χ0) is 16.2. The third kappa shape index (κ3) is 3.42. The molecule has 1 aromatic carbocycles. The van der Waals surface area contributed by atoms with Gasteiger partial charge in [-0.2, -0.15) is 0 Å². The van der Waals surface area contributed by atoms with E-state index in [0.29, 0.717) is 0 Å². The van der Waals surface area contributed by atoms with Gasteiger partial charge in [0.15, 0.2) is 5.58 Å². The van der Waals surface area contributed by atoms with Gasteiger partial charge in [-0.25, -0.2) is 0 Å². The van der Waals surface area contributed by atoms with Crippen LogP contribution >= 0.6 is 0 Å². The molecule has 4 nitrogen and oxygen atoms in total. The molecule has 0 N–H and O–H groups in total. The number of nitrogens with zero attached hydrogens (tertiary/aromatic N) is 2. The summed E-state index contributed by atoms with van der Waals surface area (Å²) in [6, 6.07) is 4.08. The Morgan fingerprint density at radius 3 is 2.83 bits per heavy atom. The van der Waals surface area contributed by atoms with E-state index in [-0.39, 0.29) is 0 Å². The monoisotopic (exact) mass is 314 g/mol. The lowest BCUT2D eigenvalue weighted by atomic mass is 9.91. The molecule has 0 amide bonds. The van der Waals surface area contributed by atoms with E-state index in [1.165, 1.54) is 32.4 Å². The Labute approximate surface area is 138 Å². The van der Waals surface area contributed by atoms with Crippen molar-refractivity contribution in [3.05, 3.63) is 29.5 Å². The van der Waals surface area contributed by atoms with Crippen LogP contribution in [0.3, 0.4) is 0 Å². The molecule has 4 heteroatoms. The molecule has 2 aromatic rings. The maximum atomic E-state index is 5.64. The molecule has 23 heavy (non-hydrogen) atoms. The highest BCUT2D eigenvalue weighted by molar-refractivity contribution is 5.90. The summed E-state index contributed by atoms with van der Waals surface area (Å²) in [7, 11) is 3.89. The lowest BCUT2D eigenvalue weighted by Crippen LogP contribution is -2.30. The fourth-order valence-electron chi connectivity index (χ4n) is 3.43. The number of hydrogen-bond acceptors (Lipinski definition) is 4. The molecule has 0 radical (unpaired) electrons. The number of aryl methyl sites for hydroxylation is 1. The van der Waals surface area contributed by atoms with Gasteiger partial charge in [0.1, 0.15) is 5.75 Å². The summed E-state index contributed by atoms with van der Waals surface area (Å²) in [6.45, 7) is 4.43. The summed E-state index contributed by atoms with van der Waals surface area (Å²) < 4.78 is 11.1. The summed E-state index contributed by atoms with van der Waals surface area (Å²) >= 11 is 0. The third-order valence-corrected chi connectivity index (χ3v) is 4.89. The molecule has 2 heterocycles. The first-order valence-electron chi connectivity index (χ1n) is 8.49. The topological polar surface area (TPSA) is 38.5 Å². The highest BCUT2D eigenvalue weighted by Gasteiger charge is 2.19. The second-order valence-corrected chi connectivity index (χ2v) is 6.47. The van der Waals surface area contributed by atoms with Crippen LogP contribution in [0.2, 0.25) is 0 Å². The van der Waals surface area contributed by atoms with Crippen LogP contribution in [0.5, 0.6) is 5.75 Å². The Balaban J connectivity index is 1.78. The second-order valence-electron chi connectivity index (χ2n) is 6.47. The minimum atomic E-state index is 0.811. The number of likely N-dealkylation sites (tertiary alicyclic amines) is 1. The Bertz CT molecular complexity index is 682. The van der Waals surface area contributed by atoms with E-state index in [4.69, 9.17) is 9.26 Å². The van der Waals surface area contributed by atoms with Crippen LogP contribution in [0.1, 0.15) is 37.4 Å². The molecule has 1 aliphatic rings. The number of aromatic nitrogens is 1. The van der Waals surface area contributed by atoms with Crippen molar-refractivity contribution in [3.8, 4) is 5.75 Å². The fraction of sp³-hybridized carbons (Fsp3) is 0.526. The standard InChI is InChI=1S/C19H26N2O2/c1-4-5-16-18(22-3)9-7-15-17(20-23-19(15)16)8-6-14-10-12-21(2)13-11-14/h4-5,7,9,14H,6,8,10-13H2,1-3H3/b5-4+. The van der Waals surface area contributed by atoms with E-state index in [0.717, 1.165) is 40.3 Å². The largest absolute Gasteiger partial charge is 0.496 e. The lowest BCUT2D eigenvalue weighted by molar-refractivity contribution is 0.212. The molecule has 0 saturated carbocycles. The SMILES string of the molecule is C/C=C/c1c(OC)ccc2c(CCC3CCN(C)CC3)noc12. The van der Waals surface area contributed by atoms with E-state index in [2.05, 4.69) is 23.2 Å². The summed E-state index contributed by atoms with van der Waals surface area (Å²) in [5.41, 5.74) is 2.89. The molecule has 0 aliphatic carbocycles. The molecular weight excluding hydrogens is 288 g/mol. The first kappa shape index (κ1) is 16.1. The molecule has 0 atom stereocenters. The van der Waals surface area contributed by atoms with Crippen molar-refractivity contribution in [3.63, 3.8) is 0 Å². The highest BCUT2D eigenvalue weighted by atomic mass is 16.5. The van der Waals surface area contributed by atoms with Crippen molar-refractivity contribution in [2.24, 2.45) is 5.92 Å². The number of fused-ring (bicyclic) bond motifs is 1. The average molecular weight is 314 g/mol. The van der Waals surface area contributed by atoms with Crippen LogP contribution in [0.4, 0.5) is 0 Å². The number of methoxy groups -OCH3 is 1. The Hall–Kier alpha value is -1.81. The van der Waals surface area contributed by atoms with Crippen LogP contribution in [0, 0.1) is 5.92 Å². The zero-order valence-corrected chi connectivity index (χ0v) is 14.3. The molecule has 0 spiro atoms. The molecule has 1 fully saturated rings. The van der Waals surface area contributed by atoms with E-state index in [9.17, 15) is 0 Å². The minimum Gasteiger partial charge on any atom is -0.496 e. The van der Waals surface area contributed by atoms with E-state index >= 15 is 0 Å². The van der Waals surface area contributed by atoms with Gasteiger partial charge in [0.2, 0.25) is 0 Å². The Morgan fingerprint density at radius 1 is 1.35 bits per heavy atom. The van der Waals surface area contributed by atoms with Crippen LogP contribution in [0.15, 0.2) is 22.7 Å². The highest BCUT2D eigenvalue weighted by Crippen LogP contribution is 2.32. The van der Waals surface area contributed by atoms with Gasteiger partial charge in [-0.3, -0.25) is 0 Å². The number of piperidine rings is 1. The van der Waals surface area contributed by atoms with Crippen molar-refractivity contribution >= 4 is 17.0 Å². The molecule has 3 rings (SSSR count). The maximum absolute atomic E-state index is 5.64. The molecule has 124 valence electrons. The van der Waals surface area contributed by atoms with Crippen molar-refractivity contribution < 1.29 is 9.26 Å². The van der Waals surface area contributed by atoms with Crippen LogP contribution in [-0.2, 0) is 6.42 Å². The van der Waals surface area contributed by atoms with Crippen molar-refractivity contribution in [1.29, 1.82) is 0 Å². The van der Waals surface area contributed by atoms with Crippen LogP contribution < -0.4 is 4.74 Å². The smallest absolute Gasteiger partial charge is 0.178 e. The van der Waals surface area contributed by atoms with Gasteiger partial charge in [-0.1, -0.05) is 17.3 Å². The first-order valence-corrected chi connectivity index (χ1v) is 8.49. The van der Waals surface area contributed by atoms with Gasteiger partial charge in [-0.15, -0.1) is 0 Å². The quantitative estimate of drug-likeness (QED) is 0.831. The van der Waals surface area contributed by atoms with Crippen molar-refractivity contribution in [2.45, 2.75) is 32.6 Å². The summed E-state index contributed by atoms with van der Waals surface area (Å²) in [6.07, 6.45) is 8.79. The molecule has 1 aliphatic heterocycles. The zero-order valence-electron chi connectivity index (χ0n) is 14.3. The van der Waals surface area contributed by atoms with E-state index in [1.807, 2.05) is 25.1 Å². The number of ether oxygens (including phenoxy) is 1. The normalized spacial score (nSPS) is 17.3. The van der Waals surface area contributed by atoms with Crippen molar-refractivity contribution in [2.75, 3.05) is 27.2 Å². The van der Waals surface area contributed by atoms with E-state index in [1.54, 1.807) is 7.11 Å². The molecule has 0 unspecified atom stereocenters. The first-order chi connectivity index (χ1) is 11.2. The predicted molar refractivity (Wildman–Crippen MR) is 93.8 cm³/mol. The fourth-order valence-corrected chi connectivity index (χ4v) is 3.43. The van der Waals surface area contributed by atoms with Gasteiger partial charge in [-0.05, 0) is 70.8 Å². The maximum Gasteiger partial charge on any atom is 0.178 e. The number of rotatable bonds is 5. The van der Waals surface area contributed by atoms with Gasteiger partial charge < -0.3 is 14.2 Å². The minimum absolute atomic E-state index is 0.811. The second kappa shape index (κ2) is 7.18. The number of hydrogen-bond donors (Lipinski definition) is 0. The van der Waals surface area contributed by atoms with Crippen molar-refractivity contribution in [1.82, 2.24) is 10.1 Å². The predicted octanol–water partition coefficient (Wildman–Crippen LogP) is 4.14. The lowest BCUT2D eigenvalue weighted by Gasteiger charge is -2.28. The third-order valence-electron chi connectivity index (χ3n) is 4.89. The summed E-state index contributed by atoms with van der Waals surface area (Å²) in [5.74, 6) is 1.64. The van der Waals surface area contributed by atoms with Gasteiger partial charge in [0.25, 0.3) is 0 Å². The van der Waals surface area contributed by atoms with E-state index < -0.39 is 0 Å². The number of benzene rings is 1. The summed E-state index contributed by atoms with van der Waals surface area (Å²) in [4.78, 5) is 2.41. The van der Waals surface area contributed by atoms with Gasteiger partial charge in [0.05, 0.1) is 18.4 Å². The Morgan fingerprint density at radius 2 is 2.13 bits per heavy atom. The molecule has 1 aromatic heterocycles. The van der Waals surface area contributed by atoms with Crippen LogP contribution in [-0.4, -0.2) is 37.3 Å². The molecule has 1 saturated heterocycles. The van der Waals surface area contributed by atoms with Gasteiger partial charge in [0, 0.05) is 5.39 Å². The molecule has 0 bridgehead atoms. The number of allylic oxidation sites excluding steroid dienone is 1. The van der Waals surface area contributed by atoms with Crippen LogP contribution in [0.25, 0.3) is 17.0 Å². The molecular formula is C19H26N2O2. The van der Waals surface area contributed by atoms with Gasteiger partial charge >= 0.3 is 0 Å².